The highest BCUT2D eigenvalue weighted by Crippen LogP contribution is 2.31. The Balaban J connectivity index is 1.22. The van der Waals surface area contributed by atoms with Gasteiger partial charge in [-0.15, -0.1) is 0 Å². The van der Waals surface area contributed by atoms with Crippen molar-refractivity contribution in [2.24, 2.45) is 5.92 Å². The largest absolute Gasteiger partial charge is 0.368 e. The second kappa shape index (κ2) is 8.54. The summed E-state index contributed by atoms with van der Waals surface area (Å²) in [6.07, 6.45) is 2.45. The van der Waals surface area contributed by atoms with Gasteiger partial charge in [-0.25, -0.2) is 0 Å². The predicted molar refractivity (Wildman–Crippen MR) is 117 cm³/mol. The molecule has 3 fully saturated rings. The maximum Gasteiger partial charge on any atom is 0.255 e. The van der Waals surface area contributed by atoms with Crippen LogP contribution in [0.5, 0.6) is 0 Å². The Bertz CT molecular complexity index is 950. The molecule has 3 saturated heterocycles. The van der Waals surface area contributed by atoms with Gasteiger partial charge in [0, 0.05) is 56.3 Å². The second-order valence-electron chi connectivity index (χ2n) is 9.08. The number of hydrogen-bond donors (Lipinski definition) is 2. The van der Waals surface area contributed by atoms with Gasteiger partial charge >= 0.3 is 0 Å². The number of hydrogen-bond acceptors (Lipinski definition) is 6. The lowest BCUT2D eigenvalue weighted by Crippen LogP contribution is -2.52. The summed E-state index contributed by atoms with van der Waals surface area (Å²) in [6, 6.07) is 5.23. The van der Waals surface area contributed by atoms with E-state index in [1.807, 2.05) is 23.1 Å². The molecule has 0 radical (unpaired) electrons. The van der Waals surface area contributed by atoms with Crippen molar-refractivity contribution in [2.45, 2.75) is 38.3 Å². The zero-order valence-electron chi connectivity index (χ0n) is 18.1. The van der Waals surface area contributed by atoms with Crippen LogP contribution in [-0.2, 0) is 20.9 Å². The van der Waals surface area contributed by atoms with E-state index in [4.69, 9.17) is 0 Å². The number of fused-ring (bicyclic) bond motifs is 1. The fourth-order valence-corrected chi connectivity index (χ4v) is 5.27. The Labute approximate surface area is 187 Å². The van der Waals surface area contributed by atoms with E-state index < -0.39 is 11.9 Å². The molecule has 1 unspecified atom stereocenters. The summed E-state index contributed by atoms with van der Waals surface area (Å²) in [6.45, 7) is 5.16. The third kappa shape index (κ3) is 3.85. The average Bonchev–Trinajstić information content (AvgIpc) is 3.15. The van der Waals surface area contributed by atoms with Crippen LogP contribution in [0.15, 0.2) is 18.2 Å². The number of benzene rings is 1. The summed E-state index contributed by atoms with van der Waals surface area (Å²) in [5.74, 6) is -0.399. The van der Waals surface area contributed by atoms with Crippen molar-refractivity contribution in [3.05, 3.63) is 29.3 Å². The van der Waals surface area contributed by atoms with Gasteiger partial charge in [-0.2, -0.15) is 0 Å². The molecule has 0 spiro atoms. The smallest absolute Gasteiger partial charge is 0.255 e. The lowest BCUT2D eigenvalue weighted by molar-refractivity contribution is -0.137. The first kappa shape index (κ1) is 20.9. The third-order valence-electron chi connectivity index (χ3n) is 7.15. The molecule has 4 amide bonds. The van der Waals surface area contributed by atoms with Crippen LogP contribution in [0.4, 0.5) is 5.69 Å². The van der Waals surface area contributed by atoms with E-state index >= 15 is 0 Å². The Morgan fingerprint density at radius 2 is 1.72 bits per heavy atom. The van der Waals surface area contributed by atoms with Gasteiger partial charge in [0.25, 0.3) is 5.91 Å². The van der Waals surface area contributed by atoms with Crippen LogP contribution in [0.2, 0.25) is 0 Å². The standard InChI is InChI=1S/C23H29N5O4/c29-20-4-3-19(21(30)25-20)28-14-16-13-17(1-2-18(16)23(28)32)26-9-11-27(12-10-26)22(31)15-5-7-24-8-6-15/h1-2,13,15,19,24H,3-12,14H2,(H,25,29,30). The van der Waals surface area contributed by atoms with Gasteiger partial charge in [-0.1, -0.05) is 0 Å². The van der Waals surface area contributed by atoms with Gasteiger partial charge in [-0.05, 0) is 56.1 Å². The summed E-state index contributed by atoms with van der Waals surface area (Å²) in [5, 5.41) is 5.65. The van der Waals surface area contributed by atoms with Crippen LogP contribution in [0.3, 0.4) is 0 Å². The highest BCUT2D eigenvalue weighted by molar-refractivity contribution is 6.05. The molecule has 9 heteroatoms. The SMILES string of the molecule is O=C1CCC(N2Cc3cc(N4CCN(C(=O)C5CCNCC5)CC4)ccc3C2=O)C(=O)N1. The molecule has 5 rings (SSSR count). The van der Waals surface area contributed by atoms with E-state index in [1.165, 1.54) is 0 Å². The molecular weight excluding hydrogens is 410 g/mol. The number of carbonyl (C=O) groups excluding carboxylic acids is 4. The van der Waals surface area contributed by atoms with Gasteiger partial charge in [-0.3, -0.25) is 24.5 Å². The summed E-state index contributed by atoms with van der Waals surface area (Å²) >= 11 is 0. The number of imide groups is 1. The van der Waals surface area contributed by atoms with Crippen LogP contribution < -0.4 is 15.5 Å². The average molecular weight is 440 g/mol. The number of piperazine rings is 1. The highest BCUT2D eigenvalue weighted by Gasteiger charge is 2.39. The summed E-state index contributed by atoms with van der Waals surface area (Å²) < 4.78 is 0. The molecule has 2 N–H and O–H groups in total. The van der Waals surface area contributed by atoms with Gasteiger partial charge in [0.2, 0.25) is 17.7 Å². The Kier molecular flexibility index (Phi) is 5.58. The minimum Gasteiger partial charge on any atom is -0.368 e. The molecule has 32 heavy (non-hydrogen) atoms. The van der Waals surface area contributed by atoms with Gasteiger partial charge in [0.05, 0.1) is 0 Å². The number of rotatable bonds is 3. The molecule has 0 aromatic heterocycles. The quantitative estimate of drug-likeness (QED) is 0.648. The molecule has 4 aliphatic rings. The molecule has 0 bridgehead atoms. The lowest BCUT2D eigenvalue weighted by Gasteiger charge is -2.38. The van der Waals surface area contributed by atoms with E-state index in [2.05, 4.69) is 15.5 Å². The molecule has 1 aromatic carbocycles. The van der Waals surface area contributed by atoms with Crippen LogP contribution in [0.25, 0.3) is 0 Å². The number of anilines is 1. The Morgan fingerprint density at radius 1 is 0.969 bits per heavy atom. The topological polar surface area (TPSA) is 102 Å². The predicted octanol–water partition coefficient (Wildman–Crippen LogP) is 0.0958. The molecule has 0 saturated carbocycles. The van der Waals surface area contributed by atoms with Crippen molar-refractivity contribution in [1.29, 1.82) is 0 Å². The molecule has 1 aromatic rings. The Morgan fingerprint density at radius 3 is 2.44 bits per heavy atom. The highest BCUT2D eigenvalue weighted by atomic mass is 16.2. The molecule has 0 aliphatic carbocycles. The molecule has 4 aliphatic heterocycles. The molecule has 9 nitrogen and oxygen atoms in total. The maximum absolute atomic E-state index is 12.9. The van der Waals surface area contributed by atoms with E-state index in [9.17, 15) is 19.2 Å². The zero-order valence-corrected chi connectivity index (χ0v) is 18.1. The fourth-order valence-electron chi connectivity index (χ4n) is 5.27. The number of amides is 4. The van der Waals surface area contributed by atoms with Gasteiger partial charge in [0.15, 0.2) is 0 Å². The van der Waals surface area contributed by atoms with Gasteiger partial charge < -0.3 is 20.0 Å². The van der Waals surface area contributed by atoms with E-state index in [0.717, 1.165) is 50.3 Å². The van der Waals surface area contributed by atoms with Crippen molar-refractivity contribution in [1.82, 2.24) is 20.4 Å². The van der Waals surface area contributed by atoms with Crippen LogP contribution >= 0.6 is 0 Å². The minimum absolute atomic E-state index is 0.145. The lowest BCUT2D eigenvalue weighted by atomic mass is 9.96. The van der Waals surface area contributed by atoms with Gasteiger partial charge in [0.1, 0.15) is 6.04 Å². The first-order valence-corrected chi connectivity index (χ1v) is 11.5. The molecule has 4 heterocycles. The van der Waals surface area contributed by atoms with E-state index in [-0.39, 0.29) is 30.1 Å². The number of nitrogens with zero attached hydrogens (tertiary/aromatic N) is 3. The Hall–Kier alpha value is -2.94. The number of piperidine rings is 2. The normalized spacial score (nSPS) is 24.6. The molecule has 1 atom stereocenters. The number of carbonyl (C=O) groups is 4. The van der Waals surface area contributed by atoms with Crippen molar-refractivity contribution in [2.75, 3.05) is 44.2 Å². The van der Waals surface area contributed by atoms with Crippen LogP contribution in [-0.4, -0.2) is 78.7 Å². The van der Waals surface area contributed by atoms with Crippen molar-refractivity contribution < 1.29 is 19.2 Å². The third-order valence-corrected chi connectivity index (χ3v) is 7.15. The summed E-state index contributed by atoms with van der Waals surface area (Å²) in [4.78, 5) is 55.2. The maximum atomic E-state index is 12.9. The first-order chi connectivity index (χ1) is 15.5. The fraction of sp³-hybridized carbons (Fsp3) is 0.565. The molecule has 170 valence electrons. The van der Waals surface area contributed by atoms with Crippen molar-refractivity contribution in [3.8, 4) is 0 Å². The summed E-state index contributed by atoms with van der Waals surface area (Å²) in [7, 11) is 0. The number of nitrogens with one attached hydrogen (secondary N) is 2. The van der Waals surface area contributed by atoms with Crippen molar-refractivity contribution >= 4 is 29.3 Å². The summed E-state index contributed by atoms with van der Waals surface area (Å²) in [5.41, 5.74) is 2.57. The van der Waals surface area contributed by atoms with Crippen LogP contribution in [0, 0.1) is 5.92 Å². The van der Waals surface area contributed by atoms with Crippen LogP contribution in [0.1, 0.15) is 41.6 Å². The van der Waals surface area contributed by atoms with Crippen molar-refractivity contribution in [3.63, 3.8) is 0 Å². The zero-order chi connectivity index (χ0) is 22.2. The molecular formula is C23H29N5O4. The minimum atomic E-state index is -0.597. The first-order valence-electron chi connectivity index (χ1n) is 11.5. The van der Waals surface area contributed by atoms with E-state index in [0.29, 0.717) is 31.6 Å². The monoisotopic (exact) mass is 439 g/mol. The van der Waals surface area contributed by atoms with E-state index in [1.54, 1.807) is 4.90 Å². The second-order valence-corrected chi connectivity index (χ2v) is 9.08.